The van der Waals surface area contributed by atoms with Gasteiger partial charge in [-0.05, 0) is 25.9 Å². The molecule has 0 aromatic heterocycles. The molecule has 0 aliphatic carbocycles. The van der Waals surface area contributed by atoms with Gasteiger partial charge in [-0.15, -0.1) is 0 Å². The Balaban J connectivity index is 2.93. The third kappa shape index (κ3) is 4.16. The van der Waals surface area contributed by atoms with Crippen LogP contribution < -0.4 is 4.74 Å². The summed E-state index contributed by atoms with van der Waals surface area (Å²) in [6.07, 6.45) is 1.46. The predicted molar refractivity (Wildman–Crippen MR) is 68.9 cm³/mol. The molecule has 1 aromatic rings. The molecule has 0 amide bonds. The van der Waals surface area contributed by atoms with Crippen LogP contribution in [0.3, 0.4) is 0 Å². The zero-order valence-corrected chi connectivity index (χ0v) is 12.2. The largest absolute Gasteiger partial charge is 0.419 e. The lowest BCUT2D eigenvalue weighted by Crippen LogP contribution is -2.34. The highest BCUT2D eigenvalue weighted by atomic mass is 19.2. The molecule has 0 aliphatic heterocycles. The molecule has 0 saturated heterocycles. The average molecular weight is 325 g/mol. The van der Waals surface area contributed by atoms with E-state index in [0.29, 0.717) is 13.1 Å². The molecule has 0 spiro atoms. The maximum Gasteiger partial charge on any atom is 0.325 e. The Morgan fingerprint density at radius 1 is 0.864 bits per heavy atom. The van der Waals surface area contributed by atoms with Crippen LogP contribution in [0.2, 0.25) is 0 Å². The zero-order valence-electron chi connectivity index (χ0n) is 12.2. The molecular weight excluding hydrogens is 309 g/mol. The van der Waals surface area contributed by atoms with Crippen molar-refractivity contribution in [2.75, 3.05) is 19.6 Å². The van der Waals surface area contributed by atoms with Crippen LogP contribution in [-0.2, 0) is 4.79 Å². The summed E-state index contributed by atoms with van der Waals surface area (Å²) in [5.41, 5.74) is 0. The zero-order chi connectivity index (χ0) is 16.9. The minimum absolute atomic E-state index is 0.304. The number of hydrogen-bond acceptors (Lipinski definition) is 3. The quantitative estimate of drug-likeness (QED) is 0.253. The summed E-state index contributed by atoms with van der Waals surface area (Å²) < 4.78 is 70.0. The molecule has 0 radical (unpaired) electrons. The number of nitrogens with zero attached hydrogens (tertiary/aromatic N) is 1. The van der Waals surface area contributed by atoms with Gasteiger partial charge in [0, 0.05) is 0 Å². The van der Waals surface area contributed by atoms with Crippen LogP contribution in [0.5, 0.6) is 5.75 Å². The molecule has 124 valence electrons. The van der Waals surface area contributed by atoms with Gasteiger partial charge in [-0.1, -0.05) is 13.8 Å². The van der Waals surface area contributed by atoms with Gasteiger partial charge in [-0.3, -0.25) is 9.69 Å². The van der Waals surface area contributed by atoms with Crippen LogP contribution in [0.25, 0.3) is 0 Å². The normalized spacial score (nSPS) is 11.1. The Morgan fingerprint density at radius 3 is 1.68 bits per heavy atom. The summed E-state index contributed by atoms with van der Waals surface area (Å²) in [7, 11) is 0. The van der Waals surface area contributed by atoms with Gasteiger partial charge < -0.3 is 4.74 Å². The molecule has 1 aromatic carbocycles. The number of rotatable bonds is 7. The summed E-state index contributed by atoms with van der Waals surface area (Å²) in [5.74, 6) is -13.6. The Morgan fingerprint density at radius 2 is 1.27 bits per heavy atom. The van der Waals surface area contributed by atoms with Crippen molar-refractivity contribution < 1.29 is 31.5 Å². The second-order valence-electron chi connectivity index (χ2n) is 4.65. The number of esters is 1. The molecule has 0 heterocycles. The SMILES string of the molecule is CCCN(CCC)CC(=O)Oc1c(F)c(F)c(F)c(F)c1F. The van der Waals surface area contributed by atoms with Gasteiger partial charge in [0.05, 0.1) is 6.54 Å². The van der Waals surface area contributed by atoms with Crippen LogP contribution in [-0.4, -0.2) is 30.5 Å². The van der Waals surface area contributed by atoms with Crippen molar-refractivity contribution in [2.24, 2.45) is 0 Å². The van der Waals surface area contributed by atoms with Crippen LogP contribution in [0.15, 0.2) is 0 Å². The standard InChI is InChI=1S/C14H16F5NO2/c1-3-5-20(6-4-2)7-8(21)22-14-12(18)10(16)9(15)11(17)13(14)19/h3-7H2,1-2H3. The van der Waals surface area contributed by atoms with E-state index in [-0.39, 0.29) is 6.54 Å². The van der Waals surface area contributed by atoms with Crippen molar-refractivity contribution in [1.29, 1.82) is 0 Å². The fourth-order valence-electron chi connectivity index (χ4n) is 1.91. The molecule has 1 rings (SSSR count). The monoisotopic (exact) mass is 325 g/mol. The average Bonchev–Trinajstić information content (AvgIpc) is 2.48. The van der Waals surface area contributed by atoms with Crippen molar-refractivity contribution in [3.63, 3.8) is 0 Å². The van der Waals surface area contributed by atoms with Crippen LogP contribution >= 0.6 is 0 Å². The van der Waals surface area contributed by atoms with Gasteiger partial charge in [0.1, 0.15) is 0 Å². The molecule has 0 aliphatic rings. The summed E-state index contributed by atoms with van der Waals surface area (Å²) in [6.45, 7) is 4.53. The third-order valence-electron chi connectivity index (χ3n) is 2.82. The Hall–Kier alpha value is -1.70. The lowest BCUT2D eigenvalue weighted by molar-refractivity contribution is -0.136. The van der Waals surface area contributed by atoms with E-state index < -0.39 is 40.8 Å². The van der Waals surface area contributed by atoms with Crippen LogP contribution in [0, 0.1) is 29.1 Å². The van der Waals surface area contributed by atoms with Gasteiger partial charge in [0.25, 0.3) is 0 Å². The fourth-order valence-corrected chi connectivity index (χ4v) is 1.91. The van der Waals surface area contributed by atoms with E-state index >= 15 is 0 Å². The van der Waals surface area contributed by atoms with E-state index in [1.54, 1.807) is 4.90 Å². The first kappa shape index (κ1) is 18.3. The predicted octanol–water partition coefficient (Wildman–Crippen LogP) is 3.41. The molecule has 3 nitrogen and oxygen atoms in total. The van der Waals surface area contributed by atoms with Crippen molar-refractivity contribution >= 4 is 5.97 Å². The number of benzene rings is 1. The molecule has 0 fully saturated rings. The van der Waals surface area contributed by atoms with Gasteiger partial charge in [0.2, 0.25) is 34.8 Å². The maximum atomic E-state index is 13.4. The Labute approximate surface area is 124 Å². The van der Waals surface area contributed by atoms with Gasteiger partial charge >= 0.3 is 5.97 Å². The first-order chi connectivity index (χ1) is 10.3. The summed E-state index contributed by atoms with van der Waals surface area (Å²) in [4.78, 5) is 13.3. The Bertz CT molecular complexity index is 516. The minimum atomic E-state index is -2.30. The number of carbonyl (C=O) groups is 1. The van der Waals surface area contributed by atoms with Crippen LogP contribution in [0.1, 0.15) is 26.7 Å². The minimum Gasteiger partial charge on any atom is -0.419 e. The smallest absolute Gasteiger partial charge is 0.325 e. The van der Waals surface area contributed by atoms with Gasteiger partial charge in [-0.2, -0.15) is 8.78 Å². The maximum absolute atomic E-state index is 13.4. The number of halogens is 5. The second kappa shape index (κ2) is 8.07. The van der Waals surface area contributed by atoms with Gasteiger partial charge in [-0.25, -0.2) is 13.2 Å². The van der Waals surface area contributed by atoms with E-state index in [1.807, 2.05) is 13.8 Å². The Kier molecular flexibility index (Phi) is 6.73. The van der Waals surface area contributed by atoms with Crippen molar-refractivity contribution in [1.82, 2.24) is 4.90 Å². The molecule has 0 atom stereocenters. The highest BCUT2D eigenvalue weighted by molar-refractivity contribution is 5.74. The second-order valence-corrected chi connectivity index (χ2v) is 4.65. The van der Waals surface area contributed by atoms with Crippen LogP contribution in [0.4, 0.5) is 22.0 Å². The van der Waals surface area contributed by atoms with E-state index in [1.165, 1.54) is 0 Å². The van der Waals surface area contributed by atoms with Crippen molar-refractivity contribution in [3.8, 4) is 5.75 Å². The van der Waals surface area contributed by atoms with Crippen molar-refractivity contribution in [3.05, 3.63) is 29.1 Å². The highest BCUT2D eigenvalue weighted by Gasteiger charge is 2.28. The van der Waals surface area contributed by atoms with Crippen molar-refractivity contribution in [2.45, 2.75) is 26.7 Å². The third-order valence-corrected chi connectivity index (χ3v) is 2.82. The summed E-state index contributed by atoms with van der Waals surface area (Å²) in [6, 6.07) is 0. The molecule has 22 heavy (non-hydrogen) atoms. The molecule has 8 heteroatoms. The highest BCUT2D eigenvalue weighted by Crippen LogP contribution is 2.29. The van der Waals surface area contributed by atoms with Gasteiger partial charge in [0.15, 0.2) is 0 Å². The number of hydrogen-bond donors (Lipinski definition) is 0. The first-order valence-corrected chi connectivity index (χ1v) is 6.77. The molecule has 0 N–H and O–H groups in total. The molecule has 0 bridgehead atoms. The topological polar surface area (TPSA) is 29.5 Å². The molecular formula is C14H16F5NO2. The van der Waals surface area contributed by atoms with E-state index in [4.69, 9.17) is 0 Å². The fraction of sp³-hybridized carbons (Fsp3) is 0.500. The number of ether oxygens (including phenoxy) is 1. The van der Waals surface area contributed by atoms with E-state index in [2.05, 4.69) is 4.74 Å². The molecule has 0 unspecified atom stereocenters. The summed E-state index contributed by atoms with van der Waals surface area (Å²) in [5, 5.41) is 0. The molecule has 0 saturated carbocycles. The summed E-state index contributed by atoms with van der Waals surface area (Å²) >= 11 is 0. The van der Waals surface area contributed by atoms with E-state index in [9.17, 15) is 26.7 Å². The number of carbonyl (C=O) groups excluding carboxylic acids is 1. The first-order valence-electron chi connectivity index (χ1n) is 6.77. The van der Waals surface area contributed by atoms with E-state index in [0.717, 1.165) is 12.8 Å². The lowest BCUT2D eigenvalue weighted by Gasteiger charge is -2.19. The lowest BCUT2D eigenvalue weighted by atomic mass is 10.2.